The third-order valence-corrected chi connectivity index (χ3v) is 4.54. The number of carbonyl (C=O) groups is 1. The molecule has 0 bridgehead atoms. The lowest BCUT2D eigenvalue weighted by Gasteiger charge is -2.32. The third kappa shape index (κ3) is 3.91. The fourth-order valence-corrected chi connectivity index (χ4v) is 2.90. The average Bonchev–Trinajstić information content (AvgIpc) is 2.45. The molecule has 1 saturated heterocycles. The molecule has 0 unspecified atom stereocenters. The fraction of sp³-hybridized carbons (Fsp3) is 0.357. The molecular weight excluding hydrogens is 276 g/mol. The highest BCUT2D eigenvalue weighted by Gasteiger charge is 2.24. The van der Waals surface area contributed by atoms with Crippen LogP contribution in [-0.2, 0) is 14.8 Å². The summed E-state index contributed by atoms with van der Waals surface area (Å²) in [6, 6.07) is 9.59. The minimum Gasteiger partial charge on any atom is -0.337 e. The molecule has 0 atom stereocenters. The number of amides is 1. The molecule has 1 aromatic carbocycles. The Labute approximate surface area is 119 Å². The van der Waals surface area contributed by atoms with Crippen molar-refractivity contribution in [2.45, 2.75) is 0 Å². The van der Waals surface area contributed by atoms with Gasteiger partial charge in [-0.05, 0) is 11.6 Å². The highest BCUT2D eigenvalue weighted by Crippen LogP contribution is 2.08. The first kappa shape index (κ1) is 14.7. The Morgan fingerprint density at radius 3 is 2.25 bits per heavy atom. The Morgan fingerprint density at radius 2 is 1.70 bits per heavy atom. The summed E-state index contributed by atoms with van der Waals surface area (Å²) in [6.07, 6.45) is 4.50. The van der Waals surface area contributed by atoms with E-state index >= 15 is 0 Å². The van der Waals surface area contributed by atoms with Crippen molar-refractivity contribution in [3.63, 3.8) is 0 Å². The topological polar surface area (TPSA) is 57.7 Å². The van der Waals surface area contributed by atoms with Crippen LogP contribution >= 0.6 is 0 Å². The van der Waals surface area contributed by atoms with E-state index in [0.717, 1.165) is 5.56 Å². The van der Waals surface area contributed by atoms with Gasteiger partial charge in [0.1, 0.15) is 0 Å². The second-order valence-electron chi connectivity index (χ2n) is 4.73. The molecule has 20 heavy (non-hydrogen) atoms. The molecule has 2 rings (SSSR count). The molecule has 0 aromatic heterocycles. The number of nitrogens with zero attached hydrogens (tertiary/aromatic N) is 2. The molecule has 0 aliphatic carbocycles. The second-order valence-corrected chi connectivity index (χ2v) is 6.71. The molecule has 1 aliphatic heterocycles. The highest BCUT2D eigenvalue weighted by molar-refractivity contribution is 7.88. The maximum absolute atomic E-state index is 12.0. The van der Waals surface area contributed by atoms with E-state index in [0.29, 0.717) is 26.2 Å². The number of hydrogen-bond donors (Lipinski definition) is 0. The first-order valence-corrected chi connectivity index (χ1v) is 8.29. The molecule has 1 aromatic rings. The van der Waals surface area contributed by atoms with E-state index in [9.17, 15) is 13.2 Å². The number of sulfonamides is 1. The van der Waals surface area contributed by atoms with Gasteiger partial charge in [-0.25, -0.2) is 8.42 Å². The quantitative estimate of drug-likeness (QED) is 0.775. The Hall–Kier alpha value is -1.66. The van der Waals surface area contributed by atoms with Gasteiger partial charge >= 0.3 is 0 Å². The summed E-state index contributed by atoms with van der Waals surface area (Å²) < 4.78 is 24.2. The third-order valence-electron chi connectivity index (χ3n) is 3.24. The SMILES string of the molecule is CS(=O)(=O)N1CCN(C(=O)/C=C/c2ccccc2)CC1. The molecule has 1 heterocycles. The highest BCUT2D eigenvalue weighted by atomic mass is 32.2. The van der Waals surface area contributed by atoms with Crippen LogP contribution in [-0.4, -0.2) is 56.0 Å². The lowest BCUT2D eigenvalue weighted by Crippen LogP contribution is -2.49. The Morgan fingerprint density at radius 1 is 1.10 bits per heavy atom. The molecule has 6 heteroatoms. The summed E-state index contributed by atoms with van der Waals surface area (Å²) in [7, 11) is -3.15. The monoisotopic (exact) mass is 294 g/mol. The summed E-state index contributed by atoms with van der Waals surface area (Å²) in [6.45, 7) is 1.60. The van der Waals surface area contributed by atoms with E-state index in [4.69, 9.17) is 0 Å². The van der Waals surface area contributed by atoms with Crippen molar-refractivity contribution in [2.24, 2.45) is 0 Å². The van der Waals surface area contributed by atoms with E-state index < -0.39 is 10.0 Å². The lowest BCUT2D eigenvalue weighted by atomic mass is 10.2. The van der Waals surface area contributed by atoms with Crippen LogP contribution in [0.25, 0.3) is 6.08 Å². The minimum atomic E-state index is -3.15. The smallest absolute Gasteiger partial charge is 0.246 e. The van der Waals surface area contributed by atoms with Gasteiger partial charge < -0.3 is 4.90 Å². The summed E-state index contributed by atoms with van der Waals surface area (Å²) in [4.78, 5) is 13.7. The van der Waals surface area contributed by atoms with Crippen molar-refractivity contribution in [3.8, 4) is 0 Å². The van der Waals surface area contributed by atoms with Gasteiger partial charge in [-0.15, -0.1) is 0 Å². The van der Waals surface area contributed by atoms with Gasteiger partial charge in [0.2, 0.25) is 15.9 Å². The zero-order chi connectivity index (χ0) is 14.6. The largest absolute Gasteiger partial charge is 0.337 e. The van der Waals surface area contributed by atoms with Crippen LogP contribution in [0.2, 0.25) is 0 Å². The van der Waals surface area contributed by atoms with Gasteiger partial charge in [0.25, 0.3) is 0 Å². The standard InChI is InChI=1S/C14H18N2O3S/c1-20(18,19)16-11-9-15(10-12-16)14(17)8-7-13-5-3-2-4-6-13/h2-8H,9-12H2,1H3/b8-7+. The molecule has 1 amide bonds. The van der Waals surface area contributed by atoms with Crippen molar-refractivity contribution < 1.29 is 13.2 Å². The first-order valence-electron chi connectivity index (χ1n) is 6.44. The lowest BCUT2D eigenvalue weighted by molar-refractivity contribution is -0.127. The molecule has 1 fully saturated rings. The molecule has 108 valence electrons. The minimum absolute atomic E-state index is 0.0815. The molecule has 5 nitrogen and oxygen atoms in total. The summed E-state index contributed by atoms with van der Waals surface area (Å²) in [5.74, 6) is -0.0815. The number of piperazine rings is 1. The fourth-order valence-electron chi connectivity index (χ4n) is 2.08. The Balaban J connectivity index is 1.91. The van der Waals surface area contributed by atoms with Gasteiger partial charge in [0, 0.05) is 32.3 Å². The molecule has 0 spiro atoms. The zero-order valence-corrected chi connectivity index (χ0v) is 12.2. The summed E-state index contributed by atoms with van der Waals surface area (Å²) in [5.41, 5.74) is 0.968. The van der Waals surface area contributed by atoms with E-state index in [1.54, 1.807) is 11.0 Å². The van der Waals surface area contributed by atoms with Gasteiger partial charge in [-0.1, -0.05) is 30.3 Å². The number of carbonyl (C=O) groups excluding carboxylic acids is 1. The Kier molecular flexibility index (Phi) is 4.57. The molecule has 1 aliphatic rings. The molecular formula is C14H18N2O3S. The van der Waals surface area contributed by atoms with Crippen LogP contribution in [0.1, 0.15) is 5.56 Å². The van der Waals surface area contributed by atoms with E-state index in [1.807, 2.05) is 30.3 Å². The summed E-state index contributed by atoms with van der Waals surface area (Å²) in [5, 5.41) is 0. The van der Waals surface area contributed by atoms with Crippen LogP contribution in [0.4, 0.5) is 0 Å². The van der Waals surface area contributed by atoms with Crippen molar-refractivity contribution in [2.75, 3.05) is 32.4 Å². The van der Waals surface area contributed by atoms with E-state index in [2.05, 4.69) is 0 Å². The predicted molar refractivity (Wildman–Crippen MR) is 78.5 cm³/mol. The van der Waals surface area contributed by atoms with Crippen LogP contribution in [0.15, 0.2) is 36.4 Å². The van der Waals surface area contributed by atoms with Gasteiger partial charge in [0.15, 0.2) is 0 Å². The van der Waals surface area contributed by atoms with Gasteiger partial charge in [0.05, 0.1) is 6.26 Å². The average molecular weight is 294 g/mol. The van der Waals surface area contributed by atoms with Crippen molar-refractivity contribution >= 4 is 22.0 Å². The van der Waals surface area contributed by atoms with Crippen LogP contribution < -0.4 is 0 Å². The maximum atomic E-state index is 12.0. The van der Waals surface area contributed by atoms with E-state index in [-0.39, 0.29) is 5.91 Å². The second kappa shape index (κ2) is 6.19. The van der Waals surface area contributed by atoms with Crippen molar-refractivity contribution in [3.05, 3.63) is 42.0 Å². The number of hydrogen-bond acceptors (Lipinski definition) is 3. The van der Waals surface area contributed by atoms with E-state index in [1.165, 1.54) is 16.6 Å². The number of benzene rings is 1. The summed E-state index contributed by atoms with van der Waals surface area (Å²) >= 11 is 0. The van der Waals surface area contributed by atoms with Crippen LogP contribution in [0, 0.1) is 0 Å². The normalized spacial score (nSPS) is 17.6. The van der Waals surface area contributed by atoms with Gasteiger partial charge in [-0.3, -0.25) is 4.79 Å². The van der Waals surface area contributed by atoms with Crippen LogP contribution in [0.3, 0.4) is 0 Å². The van der Waals surface area contributed by atoms with Crippen molar-refractivity contribution in [1.29, 1.82) is 0 Å². The van der Waals surface area contributed by atoms with Gasteiger partial charge in [-0.2, -0.15) is 4.31 Å². The molecule has 0 radical (unpaired) electrons. The van der Waals surface area contributed by atoms with Crippen molar-refractivity contribution in [1.82, 2.24) is 9.21 Å². The first-order chi connectivity index (χ1) is 9.47. The Bertz CT molecular complexity index is 588. The maximum Gasteiger partial charge on any atom is 0.246 e. The molecule has 0 saturated carbocycles. The van der Waals surface area contributed by atoms with Crippen LogP contribution in [0.5, 0.6) is 0 Å². The molecule has 0 N–H and O–H groups in total. The zero-order valence-electron chi connectivity index (χ0n) is 11.4. The number of rotatable bonds is 3. The predicted octanol–water partition coefficient (Wildman–Crippen LogP) is 0.804.